The monoisotopic (exact) mass is 736 g/mol. The first kappa shape index (κ1) is 34.6. The van der Waals surface area contributed by atoms with E-state index in [0.29, 0.717) is 0 Å². The molecule has 0 radical (unpaired) electrons. The fourth-order valence-electron chi connectivity index (χ4n) is 13.5. The fourth-order valence-corrected chi connectivity index (χ4v) is 24.0. The van der Waals surface area contributed by atoms with Crippen LogP contribution in [0.2, 0.25) is 39.3 Å². The van der Waals surface area contributed by atoms with Gasteiger partial charge in [0, 0.05) is 24.8 Å². The van der Waals surface area contributed by atoms with Gasteiger partial charge in [-0.2, -0.15) is 0 Å². The molecule has 3 aromatic rings. The largest absolute Gasteiger partial charge is 0.264 e. The highest BCUT2D eigenvalue weighted by Gasteiger charge is 2.57. The van der Waals surface area contributed by atoms with Gasteiger partial charge < -0.3 is 0 Å². The molecule has 50 heavy (non-hydrogen) atoms. The molecule has 8 fully saturated rings. The molecule has 8 bridgehead atoms. The summed E-state index contributed by atoms with van der Waals surface area (Å²) < 4.78 is 0. The first-order chi connectivity index (χ1) is 23.9. The van der Waals surface area contributed by atoms with Crippen LogP contribution in [0.3, 0.4) is 0 Å². The highest BCUT2D eigenvalue weighted by Crippen LogP contribution is 2.72. The molecule has 0 spiro atoms. The quantitative estimate of drug-likeness (QED) is 0.162. The van der Waals surface area contributed by atoms with Crippen molar-refractivity contribution in [3.8, 4) is 0 Å². The van der Waals surface area contributed by atoms with E-state index in [4.69, 9.17) is 9.97 Å². The van der Waals surface area contributed by atoms with E-state index in [1.54, 1.807) is 85.7 Å². The predicted octanol–water partition coefficient (Wildman–Crippen LogP) is 10.4. The Bertz CT molecular complexity index is 1580. The van der Waals surface area contributed by atoms with Gasteiger partial charge in [-0.05, 0) is 163 Å². The van der Waals surface area contributed by atoms with Gasteiger partial charge in [-0.15, -0.1) is 9.24 Å². The van der Waals surface area contributed by atoms with E-state index in [1.807, 2.05) is 12.4 Å². The minimum absolute atomic E-state index is 0.138. The fraction of sp³-hybridized carbons (Fsp3) is 0.636. The molecule has 2 heterocycles. The van der Waals surface area contributed by atoms with Crippen LogP contribution in [0.5, 0.6) is 0 Å². The van der Waals surface area contributed by atoms with Gasteiger partial charge in [0.1, 0.15) is 0 Å². The molecule has 8 aliphatic carbocycles. The number of rotatable bonds is 9. The molecule has 0 aliphatic heterocycles. The summed E-state index contributed by atoms with van der Waals surface area (Å²) in [6.07, 6.45) is 25.1. The molecule has 1 unspecified atom stereocenters. The molecule has 0 N–H and O–H groups in total. The van der Waals surface area contributed by atoms with Crippen LogP contribution in [0.15, 0.2) is 61.2 Å². The van der Waals surface area contributed by atoms with Gasteiger partial charge in [0.25, 0.3) is 0 Å². The van der Waals surface area contributed by atoms with Crippen molar-refractivity contribution in [2.24, 2.45) is 47.3 Å². The number of pyridine rings is 2. The summed E-state index contributed by atoms with van der Waals surface area (Å²) in [6, 6.07) is 14.6. The van der Waals surface area contributed by atoms with Crippen molar-refractivity contribution >= 4 is 43.7 Å². The molecule has 1 aromatic carbocycles. The van der Waals surface area contributed by atoms with Crippen molar-refractivity contribution in [2.75, 3.05) is 0 Å². The van der Waals surface area contributed by atoms with Crippen LogP contribution in [0.4, 0.5) is 0 Å². The van der Waals surface area contributed by atoms with E-state index in [9.17, 15) is 0 Å². The summed E-state index contributed by atoms with van der Waals surface area (Å²) in [7, 11) is 0.00566. The van der Waals surface area contributed by atoms with Gasteiger partial charge in [-0.25, -0.2) is 0 Å². The van der Waals surface area contributed by atoms with Crippen molar-refractivity contribution in [3.63, 3.8) is 0 Å². The molecule has 0 saturated heterocycles. The normalized spacial score (nSPS) is 35.1. The number of hydrogen-bond acceptors (Lipinski definition) is 2. The van der Waals surface area contributed by atoms with Crippen molar-refractivity contribution in [1.29, 1.82) is 0 Å². The second-order valence-corrected chi connectivity index (χ2v) is 33.8. The average molecular weight is 737 g/mol. The van der Waals surface area contributed by atoms with E-state index in [2.05, 4.69) is 97.3 Å². The number of hydrogen-bond donors (Lipinski definition) is 0. The molecule has 8 aliphatic rings. The number of aromatic nitrogens is 2. The maximum absolute atomic E-state index is 4.75. The van der Waals surface area contributed by atoms with Gasteiger partial charge >= 0.3 is 0 Å². The lowest BCUT2D eigenvalue weighted by Crippen LogP contribution is -2.57. The molecule has 2 aromatic heterocycles. The highest BCUT2D eigenvalue weighted by atomic mass is 31.1. The summed E-state index contributed by atoms with van der Waals surface area (Å²) in [5.41, 5.74) is 7.78. The molecule has 8 saturated carbocycles. The number of benzene rings is 1. The Morgan fingerprint density at radius 2 is 1.02 bits per heavy atom. The minimum Gasteiger partial charge on any atom is -0.264 e. The topological polar surface area (TPSA) is 25.8 Å². The maximum Gasteiger partial charge on any atom is 0.0774 e. The zero-order valence-electron chi connectivity index (χ0n) is 31.7. The second kappa shape index (κ2) is 12.7. The third-order valence-corrected chi connectivity index (χ3v) is 24.2. The Morgan fingerprint density at radius 1 is 0.620 bits per heavy atom. The summed E-state index contributed by atoms with van der Waals surface area (Å²) >= 11 is 0. The summed E-state index contributed by atoms with van der Waals surface area (Å²) in [4.78, 5) is 9.51. The van der Waals surface area contributed by atoms with Crippen LogP contribution in [0, 0.1) is 47.3 Å². The van der Waals surface area contributed by atoms with Gasteiger partial charge in [0.15, 0.2) is 0 Å². The van der Waals surface area contributed by atoms with E-state index >= 15 is 0 Å². The Morgan fingerprint density at radius 3 is 1.38 bits per heavy atom. The first-order valence-corrected chi connectivity index (χ1v) is 29.6. The molecule has 266 valence electrons. The standard InChI is InChI=1S/C44H62N2P2Si2/c1-49(2,3)40-23-36(39(24-41(40)50(4,5)6)44(47,37-9-7-11-45-25-37)38-10-8-12-46-26-38)27-48(42-32-15-28-13-29(17-32)18-33(42)16-28)43-34-19-30-14-31(21-34)22-35(43)20-30/h7-12,23-26,28-35,42-43H,13-22,27,47H2,1-6H3. The van der Waals surface area contributed by atoms with E-state index < -0.39 is 16.1 Å². The smallest absolute Gasteiger partial charge is 0.0774 e. The lowest BCUT2D eigenvalue weighted by molar-refractivity contribution is 0.0129. The Hall–Kier alpha value is -1.19. The third-order valence-electron chi connectivity index (χ3n) is 15.0. The van der Waals surface area contributed by atoms with Crippen molar-refractivity contribution < 1.29 is 0 Å². The van der Waals surface area contributed by atoms with Crippen LogP contribution in [0.1, 0.15) is 86.5 Å². The Kier molecular flexibility index (Phi) is 8.79. The van der Waals surface area contributed by atoms with Gasteiger partial charge in [0.2, 0.25) is 0 Å². The predicted molar refractivity (Wildman–Crippen MR) is 223 cm³/mol. The van der Waals surface area contributed by atoms with Crippen LogP contribution < -0.4 is 10.4 Å². The zero-order valence-corrected chi connectivity index (χ0v) is 35.8. The first-order valence-electron chi connectivity index (χ1n) is 20.4. The zero-order chi connectivity index (χ0) is 34.6. The third kappa shape index (κ3) is 5.92. The van der Waals surface area contributed by atoms with E-state index in [1.165, 1.54) is 17.3 Å². The van der Waals surface area contributed by atoms with Crippen molar-refractivity contribution in [3.05, 3.63) is 83.4 Å². The Labute approximate surface area is 309 Å². The SMILES string of the molecule is C[Si](C)(C)c1cc(CP(C2C3CC4CC(C3)CC2C4)C2C3CC4CC(C3)CC2C4)c(C(P)(c2cccnc2)c2cccnc2)cc1[Si](C)(C)C. The van der Waals surface area contributed by atoms with Crippen LogP contribution >= 0.6 is 17.2 Å². The molecular formula is C44H62N2P2Si2. The van der Waals surface area contributed by atoms with Gasteiger partial charge in [-0.1, -0.05) is 81.8 Å². The molecule has 6 heteroatoms. The lowest BCUT2D eigenvalue weighted by Gasteiger charge is -2.62. The van der Waals surface area contributed by atoms with Crippen LogP contribution in [0.25, 0.3) is 0 Å². The molecule has 1 atom stereocenters. The van der Waals surface area contributed by atoms with Gasteiger partial charge in [0.05, 0.1) is 21.3 Å². The maximum atomic E-state index is 4.75. The summed E-state index contributed by atoms with van der Waals surface area (Å²) in [5, 5.41) is 3.06. The summed E-state index contributed by atoms with van der Waals surface area (Å²) in [5.74, 6) is 8.22. The highest BCUT2D eigenvalue weighted by molar-refractivity contribution is 7.58. The lowest BCUT2D eigenvalue weighted by atomic mass is 9.55. The van der Waals surface area contributed by atoms with Crippen molar-refractivity contribution in [1.82, 2.24) is 9.97 Å². The minimum atomic E-state index is -1.67. The average Bonchev–Trinajstić information content (AvgIpc) is 3.06. The molecule has 11 rings (SSSR count). The number of nitrogens with zero attached hydrogens (tertiary/aromatic N) is 2. The second-order valence-electron chi connectivity index (χ2n) is 20.4. The van der Waals surface area contributed by atoms with Crippen LogP contribution in [-0.4, -0.2) is 37.4 Å². The summed E-state index contributed by atoms with van der Waals surface area (Å²) in [6.45, 7) is 15.6. The molecule has 2 nitrogen and oxygen atoms in total. The van der Waals surface area contributed by atoms with Crippen molar-refractivity contribution in [2.45, 2.75) is 126 Å². The molecule has 0 amide bonds. The van der Waals surface area contributed by atoms with E-state index in [0.717, 1.165) is 58.7 Å². The van der Waals surface area contributed by atoms with E-state index in [-0.39, 0.29) is 13.1 Å². The van der Waals surface area contributed by atoms with Gasteiger partial charge in [-0.3, -0.25) is 9.97 Å². The van der Waals surface area contributed by atoms with Crippen LogP contribution in [-0.2, 0) is 11.3 Å². The Balaban J connectivity index is 1.26. The molecular weight excluding hydrogens is 675 g/mol.